The zero-order valence-electron chi connectivity index (χ0n) is 17.7. The molecule has 31 heavy (non-hydrogen) atoms. The highest BCUT2D eigenvalue weighted by atomic mass is 16.6. The highest BCUT2D eigenvalue weighted by molar-refractivity contribution is 5.96. The number of hydrogen-bond acceptors (Lipinski definition) is 6. The number of esters is 1. The smallest absolute Gasteiger partial charge is 0.338 e. The zero-order valence-corrected chi connectivity index (χ0v) is 17.7. The predicted molar refractivity (Wildman–Crippen MR) is 113 cm³/mol. The molecule has 1 fully saturated rings. The van der Waals surface area contributed by atoms with Crippen LogP contribution < -0.4 is 5.32 Å². The summed E-state index contributed by atoms with van der Waals surface area (Å²) in [5.41, 5.74) is 2.52. The van der Waals surface area contributed by atoms with E-state index in [9.17, 15) is 25.0 Å². The highest BCUT2D eigenvalue weighted by Crippen LogP contribution is 2.37. The second-order valence-corrected chi connectivity index (χ2v) is 7.74. The average Bonchev–Trinajstić information content (AvgIpc) is 3.33. The normalized spacial score (nSPS) is 13.6. The monoisotopic (exact) mass is 424 g/mol. The van der Waals surface area contributed by atoms with Crippen molar-refractivity contribution >= 4 is 23.4 Å². The summed E-state index contributed by atoms with van der Waals surface area (Å²) in [6.45, 7) is 4.77. The molecule has 162 valence electrons. The number of nitrogens with one attached hydrogen (secondary N) is 1. The quantitative estimate of drug-likeness (QED) is 0.422. The van der Waals surface area contributed by atoms with Crippen molar-refractivity contribution < 1.29 is 19.2 Å². The van der Waals surface area contributed by atoms with Crippen LogP contribution >= 0.6 is 0 Å². The van der Waals surface area contributed by atoms with Gasteiger partial charge in [0.05, 0.1) is 16.1 Å². The molecule has 9 heteroatoms. The van der Waals surface area contributed by atoms with Gasteiger partial charge in [0.15, 0.2) is 6.61 Å². The van der Waals surface area contributed by atoms with Crippen molar-refractivity contribution in [3.8, 4) is 6.07 Å². The number of amides is 1. The van der Waals surface area contributed by atoms with Gasteiger partial charge >= 0.3 is 5.97 Å². The average molecular weight is 424 g/mol. The standard InChI is InChI=1S/C22H24N4O5/c1-13-10-16(8-9-19(13)26(29)30)22(28)31-12-20(27)24-21-18(11-23)14(2)15(3)25(21)17-6-4-5-7-17/h8-10,17H,4-7,12H2,1-3H3,(H,24,27). The van der Waals surface area contributed by atoms with E-state index in [4.69, 9.17) is 4.74 Å². The molecular formula is C22H24N4O5. The van der Waals surface area contributed by atoms with E-state index in [2.05, 4.69) is 11.4 Å². The fourth-order valence-corrected chi connectivity index (χ4v) is 4.08. The summed E-state index contributed by atoms with van der Waals surface area (Å²) in [6, 6.07) is 6.26. The number of ether oxygens (including phenoxy) is 1. The molecule has 1 aliphatic carbocycles. The van der Waals surface area contributed by atoms with Crippen LogP contribution in [-0.4, -0.2) is 28.0 Å². The van der Waals surface area contributed by atoms with E-state index in [-0.39, 0.29) is 17.3 Å². The van der Waals surface area contributed by atoms with Gasteiger partial charge < -0.3 is 14.6 Å². The van der Waals surface area contributed by atoms with Crippen LogP contribution in [0.5, 0.6) is 0 Å². The summed E-state index contributed by atoms with van der Waals surface area (Å²) < 4.78 is 7.09. The van der Waals surface area contributed by atoms with Crippen LogP contribution in [0.3, 0.4) is 0 Å². The Morgan fingerprint density at radius 3 is 2.55 bits per heavy atom. The predicted octanol–water partition coefficient (Wildman–Crippen LogP) is 4.10. The van der Waals surface area contributed by atoms with Gasteiger partial charge in [0.2, 0.25) is 0 Å². The van der Waals surface area contributed by atoms with Crippen molar-refractivity contribution in [3.05, 3.63) is 56.3 Å². The Labute approximate surface area is 179 Å². The van der Waals surface area contributed by atoms with E-state index in [1.54, 1.807) is 0 Å². The van der Waals surface area contributed by atoms with Gasteiger partial charge in [0.1, 0.15) is 11.9 Å². The molecule has 0 radical (unpaired) electrons. The van der Waals surface area contributed by atoms with Gasteiger partial charge in [-0.2, -0.15) is 5.26 Å². The molecule has 1 aromatic heterocycles. The summed E-state index contributed by atoms with van der Waals surface area (Å²) in [7, 11) is 0. The lowest BCUT2D eigenvalue weighted by molar-refractivity contribution is -0.385. The largest absolute Gasteiger partial charge is 0.452 e. The number of nitro groups is 1. The molecular weight excluding hydrogens is 400 g/mol. The van der Waals surface area contributed by atoms with E-state index >= 15 is 0 Å². The molecule has 1 heterocycles. The Bertz CT molecular complexity index is 1090. The maximum Gasteiger partial charge on any atom is 0.338 e. The number of anilines is 1. The van der Waals surface area contributed by atoms with E-state index in [1.807, 2.05) is 18.4 Å². The fraction of sp³-hybridized carbons (Fsp3) is 0.409. The Morgan fingerprint density at radius 1 is 1.29 bits per heavy atom. The first-order valence-corrected chi connectivity index (χ1v) is 10.1. The van der Waals surface area contributed by atoms with E-state index < -0.39 is 23.4 Å². The molecule has 1 saturated carbocycles. The maximum atomic E-state index is 12.5. The van der Waals surface area contributed by atoms with Crippen molar-refractivity contribution in [2.24, 2.45) is 0 Å². The lowest BCUT2D eigenvalue weighted by Gasteiger charge is -2.19. The molecule has 9 nitrogen and oxygen atoms in total. The SMILES string of the molecule is Cc1cc(C(=O)OCC(=O)Nc2c(C#N)c(C)c(C)n2C2CCCC2)ccc1[N+](=O)[O-]. The first-order chi connectivity index (χ1) is 14.7. The van der Waals surface area contributed by atoms with Gasteiger partial charge in [-0.1, -0.05) is 12.8 Å². The maximum absolute atomic E-state index is 12.5. The summed E-state index contributed by atoms with van der Waals surface area (Å²) in [6.07, 6.45) is 4.17. The molecule has 0 unspecified atom stereocenters. The molecule has 1 amide bonds. The van der Waals surface area contributed by atoms with E-state index in [0.29, 0.717) is 16.9 Å². The van der Waals surface area contributed by atoms with Gasteiger partial charge in [0, 0.05) is 23.4 Å². The Balaban J connectivity index is 1.72. The number of carbonyl (C=O) groups excluding carboxylic acids is 2. The first kappa shape index (κ1) is 22.0. The molecule has 1 N–H and O–H groups in total. The molecule has 0 spiro atoms. The Kier molecular flexibility index (Phi) is 6.39. The molecule has 0 atom stereocenters. The van der Waals surface area contributed by atoms with Crippen LogP contribution in [0.4, 0.5) is 11.5 Å². The van der Waals surface area contributed by atoms with Crippen LogP contribution in [0, 0.1) is 42.2 Å². The third-order valence-corrected chi connectivity index (χ3v) is 5.78. The minimum absolute atomic E-state index is 0.100. The minimum Gasteiger partial charge on any atom is -0.452 e. The van der Waals surface area contributed by atoms with E-state index in [1.165, 1.54) is 25.1 Å². The third-order valence-electron chi connectivity index (χ3n) is 5.78. The Hall–Kier alpha value is -3.67. The first-order valence-electron chi connectivity index (χ1n) is 10.1. The molecule has 1 aliphatic rings. The van der Waals surface area contributed by atoms with E-state index in [0.717, 1.165) is 36.9 Å². The number of carbonyl (C=O) groups is 2. The van der Waals surface area contributed by atoms with Crippen molar-refractivity contribution in [1.29, 1.82) is 5.26 Å². The fourth-order valence-electron chi connectivity index (χ4n) is 4.08. The van der Waals surface area contributed by atoms with Gasteiger partial charge in [-0.05, 0) is 51.3 Å². The van der Waals surface area contributed by atoms with Crippen molar-refractivity contribution in [2.45, 2.75) is 52.5 Å². The van der Waals surface area contributed by atoms with Gasteiger partial charge in [-0.3, -0.25) is 14.9 Å². The number of nitro benzene ring substituents is 1. The van der Waals surface area contributed by atoms with Crippen LogP contribution in [0.1, 0.15) is 64.5 Å². The number of hydrogen-bond donors (Lipinski definition) is 1. The Morgan fingerprint density at radius 2 is 1.97 bits per heavy atom. The summed E-state index contributed by atoms with van der Waals surface area (Å²) in [5, 5.41) is 23.2. The molecule has 2 aromatic rings. The molecule has 0 bridgehead atoms. The van der Waals surface area contributed by atoms with Gasteiger partial charge in [-0.25, -0.2) is 4.79 Å². The van der Waals surface area contributed by atoms with Crippen molar-refractivity contribution in [2.75, 3.05) is 11.9 Å². The molecule has 1 aromatic carbocycles. The summed E-state index contributed by atoms with van der Waals surface area (Å²) in [5.74, 6) is -0.871. The van der Waals surface area contributed by atoms with Crippen molar-refractivity contribution in [3.63, 3.8) is 0 Å². The van der Waals surface area contributed by atoms with Crippen LogP contribution in [-0.2, 0) is 9.53 Å². The minimum atomic E-state index is -0.757. The van der Waals surface area contributed by atoms with Crippen LogP contribution in [0.15, 0.2) is 18.2 Å². The van der Waals surface area contributed by atoms with Crippen LogP contribution in [0.25, 0.3) is 0 Å². The number of aromatic nitrogens is 1. The number of aryl methyl sites for hydroxylation is 1. The number of benzene rings is 1. The third kappa shape index (κ3) is 4.43. The van der Waals surface area contributed by atoms with Crippen molar-refractivity contribution in [1.82, 2.24) is 4.57 Å². The highest BCUT2D eigenvalue weighted by Gasteiger charge is 2.27. The number of nitriles is 1. The number of nitrogens with zero attached hydrogens (tertiary/aromatic N) is 3. The number of rotatable bonds is 6. The molecule has 0 aliphatic heterocycles. The summed E-state index contributed by atoms with van der Waals surface area (Å²) in [4.78, 5) is 35.1. The van der Waals surface area contributed by atoms with Gasteiger partial charge in [0.25, 0.3) is 11.6 Å². The lowest BCUT2D eigenvalue weighted by Crippen LogP contribution is -2.24. The molecule has 3 rings (SSSR count). The zero-order chi connectivity index (χ0) is 22.7. The topological polar surface area (TPSA) is 127 Å². The second-order valence-electron chi connectivity index (χ2n) is 7.74. The second kappa shape index (κ2) is 9.00. The van der Waals surface area contributed by atoms with Gasteiger partial charge in [-0.15, -0.1) is 0 Å². The summed E-state index contributed by atoms with van der Waals surface area (Å²) >= 11 is 0. The molecule has 0 saturated heterocycles. The van der Waals surface area contributed by atoms with Crippen LogP contribution in [0.2, 0.25) is 0 Å². The lowest BCUT2D eigenvalue weighted by atomic mass is 10.1.